The molecule has 1 fully saturated rings. The first-order valence-electron chi connectivity index (χ1n) is 8.99. The predicted octanol–water partition coefficient (Wildman–Crippen LogP) is 2.99. The number of anilines is 1. The number of piperidine rings is 1. The number of nitrogens with zero attached hydrogens (tertiary/aromatic N) is 5. The minimum Gasteiger partial charge on any atom is -0.357 e. The number of amides is 1. The highest BCUT2D eigenvalue weighted by Gasteiger charge is 2.20. The third-order valence-electron chi connectivity index (χ3n) is 4.49. The average Bonchev–Trinajstić information content (AvgIpc) is 3.16. The summed E-state index contributed by atoms with van der Waals surface area (Å²) < 4.78 is 5.18. The van der Waals surface area contributed by atoms with Crippen LogP contribution in [-0.2, 0) is 0 Å². The van der Waals surface area contributed by atoms with Crippen LogP contribution < -0.4 is 4.90 Å². The smallest absolute Gasteiger partial charge is 0.316 e. The second kappa shape index (κ2) is 8.09. The minimum atomic E-state index is -0.238. The zero-order chi connectivity index (χ0) is 17.6. The van der Waals surface area contributed by atoms with Gasteiger partial charge in [-0.2, -0.15) is 4.98 Å². The van der Waals surface area contributed by atoms with Gasteiger partial charge in [0.15, 0.2) is 0 Å². The topological polar surface area (TPSA) is 75.4 Å². The van der Waals surface area contributed by atoms with Crippen molar-refractivity contribution in [3.63, 3.8) is 0 Å². The van der Waals surface area contributed by atoms with Crippen LogP contribution >= 0.6 is 0 Å². The largest absolute Gasteiger partial charge is 0.357 e. The molecule has 1 aliphatic heterocycles. The molecule has 25 heavy (non-hydrogen) atoms. The third kappa shape index (κ3) is 4.15. The fraction of sp³-hybridized carbons (Fsp3) is 0.556. The molecule has 0 saturated carbocycles. The lowest BCUT2D eigenvalue weighted by molar-refractivity contribution is 0.0744. The van der Waals surface area contributed by atoms with E-state index in [9.17, 15) is 4.79 Å². The van der Waals surface area contributed by atoms with Crippen LogP contribution in [0.15, 0.2) is 22.9 Å². The van der Waals surface area contributed by atoms with Crippen molar-refractivity contribution in [1.82, 2.24) is 20.0 Å². The van der Waals surface area contributed by atoms with Gasteiger partial charge in [-0.15, -0.1) is 0 Å². The molecule has 3 heterocycles. The van der Waals surface area contributed by atoms with Crippen LogP contribution in [0.2, 0.25) is 0 Å². The maximum atomic E-state index is 12.3. The Morgan fingerprint density at radius 1 is 1.32 bits per heavy atom. The van der Waals surface area contributed by atoms with E-state index < -0.39 is 0 Å². The molecule has 134 valence electrons. The maximum absolute atomic E-state index is 12.3. The quantitative estimate of drug-likeness (QED) is 0.802. The number of unbranched alkanes of at least 4 members (excludes halogenated alkanes) is 1. The average molecular weight is 343 g/mol. The van der Waals surface area contributed by atoms with Gasteiger partial charge in [0.1, 0.15) is 5.82 Å². The molecule has 0 unspecified atom stereocenters. The second-order valence-electron chi connectivity index (χ2n) is 6.45. The third-order valence-corrected chi connectivity index (χ3v) is 4.49. The van der Waals surface area contributed by atoms with Gasteiger partial charge in [-0.05, 0) is 37.8 Å². The van der Waals surface area contributed by atoms with Crippen molar-refractivity contribution < 1.29 is 9.32 Å². The Morgan fingerprint density at radius 2 is 2.12 bits per heavy atom. The number of carbonyl (C=O) groups is 1. The molecule has 1 saturated heterocycles. The van der Waals surface area contributed by atoms with E-state index in [1.54, 1.807) is 18.1 Å². The number of hydrogen-bond acceptors (Lipinski definition) is 6. The molecule has 0 aliphatic carbocycles. The van der Waals surface area contributed by atoms with Gasteiger partial charge in [-0.3, -0.25) is 4.79 Å². The van der Waals surface area contributed by atoms with E-state index in [4.69, 9.17) is 4.52 Å². The van der Waals surface area contributed by atoms with Gasteiger partial charge < -0.3 is 14.3 Å². The maximum Gasteiger partial charge on any atom is 0.316 e. The van der Waals surface area contributed by atoms with Crippen molar-refractivity contribution in [1.29, 1.82) is 0 Å². The summed E-state index contributed by atoms with van der Waals surface area (Å²) in [6.45, 7) is 4.82. The van der Waals surface area contributed by atoms with Crippen LogP contribution in [0, 0.1) is 0 Å². The lowest BCUT2D eigenvalue weighted by atomic mass is 10.1. The molecular formula is C18H25N5O2. The van der Waals surface area contributed by atoms with Crippen molar-refractivity contribution in [3.8, 4) is 11.4 Å². The zero-order valence-electron chi connectivity index (χ0n) is 14.9. The molecule has 0 spiro atoms. The zero-order valence-corrected chi connectivity index (χ0v) is 14.9. The lowest BCUT2D eigenvalue weighted by Crippen LogP contribution is -2.30. The molecular weight excluding hydrogens is 318 g/mol. The van der Waals surface area contributed by atoms with Crippen LogP contribution in [0.25, 0.3) is 11.4 Å². The first-order valence-corrected chi connectivity index (χ1v) is 8.99. The molecule has 7 heteroatoms. The van der Waals surface area contributed by atoms with Gasteiger partial charge in [0.05, 0.1) is 0 Å². The summed E-state index contributed by atoms with van der Waals surface area (Å²) >= 11 is 0. The Balaban J connectivity index is 1.74. The van der Waals surface area contributed by atoms with Crippen molar-refractivity contribution in [3.05, 3.63) is 24.2 Å². The Morgan fingerprint density at radius 3 is 2.88 bits per heavy atom. The van der Waals surface area contributed by atoms with E-state index in [0.29, 0.717) is 12.4 Å². The number of aromatic nitrogens is 3. The van der Waals surface area contributed by atoms with Crippen LogP contribution in [0.4, 0.5) is 5.82 Å². The second-order valence-corrected chi connectivity index (χ2v) is 6.45. The Hall–Kier alpha value is -2.44. The monoisotopic (exact) mass is 343 g/mol. The molecule has 7 nitrogen and oxygen atoms in total. The van der Waals surface area contributed by atoms with E-state index >= 15 is 0 Å². The fourth-order valence-corrected chi connectivity index (χ4v) is 2.94. The normalized spacial score (nSPS) is 14.6. The molecule has 3 rings (SSSR count). The summed E-state index contributed by atoms with van der Waals surface area (Å²) in [5.74, 6) is 1.14. The van der Waals surface area contributed by atoms with Crippen LogP contribution in [0.1, 0.15) is 49.7 Å². The molecule has 2 aromatic heterocycles. The van der Waals surface area contributed by atoms with E-state index in [2.05, 4.69) is 26.9 Å². The molecule has 0 N–H and O–H groups in total. The highest BCUT2D eigenvalue weighted by atomic mass is 16.5. The van der Waals surface area contributed by atoms with Gasteiger partial charge in [0, 0.05) is 38.4 Å². The van der Waals surface area contributed by atoms with Crippen molar-refractivity contribution >= 4 is 11.7 Å². The fourth-order valence-electron chi connectivity index (χ4n) is 2.94. The predicted molar refractivity (Wildman–Crippen MR) is 95.5 cm³/mol. The number of hydrogen-bond donors (Lipinski definition) is 0. The summed E-state index contributed by atoms with van der Waals surface area (Å²) in [5, 5.41) is 3.98. The van der Waals surface area contributed by atoms with Crippen molar-refractivity contribution in [2.45, 2.75) is 39.0 Å². The number of carbonyl (C=O) groups excluding carboxylic acids is 1. The van der Waals surface area contributed by atoms with Crippen molar-refractivity contribution in [2.24, 2.45) is 0 Å². The van der Waals surface area contributed by atoms with E-state index in [1.807, 2.05) is 12.1 Å². The lowest BCUT2D eigenvalue weighted by Gasteiger charge is -2.27. The Kier molecular flexibility index (Phi) is 5.63. The first kappa shape index (κ1) is 17.4. The summed E-state index contributed by atoms with van der Waals surface area (Å²) in [5.41, 5.74) is 0.814. The highest BCUT2D eigenvalue weighted by Crippen LogP contribution is 2.23. The highest BCUT2D eigenvalue weighted by molar-refractivity contribution is 5.89. The number of rotatable bonds is 6. The van der Waals surface area contributed by atoms with Crippen molar-refractivity contribution in [2.75, 3.05) is 31.6 Å². The van der Waals surface area contributed by atoms with E-state index in [-0.39, 0.29) is 11.8 Å². The van der Waals surface area contributed by atoms with Gasteiger partial charge >= 0.3 is 11.8 Å². The molecule has 0 bridgehead atoms. The van der Waals surface area contributed by atoms with E-state index in [0.717, 1.165) is 37.3 Å². The molecule has 1 amide bonds. The number of pyridine rings is 1. The summed E-state index contributed by atoms with van der Waals surface area (Å²) in [4.78, 5) is 24.9. The first-order chi connectivity index (χ1) is 12.2. The molecule has 1 aliphatic rings. The standard InChI is InChI=1S/C18H25N5O2/c1-3-4-10-22(2)18(24)17-20-16(21-25-17)14-8-9-19-15(13-14)23-11-6-5-7-12-23/h8-9,13H,3-7,10-12H2,1-2H3. The minimum absolute atomic E-state index is 0.0323. The van der Waals surface area contributed by atoms with Gasteiger partial charge in [0.25, 0.3) is 0 Å². The molecule has 0 atom stereocenters. The van der Waals surface area contributed by atoms with Gasteiger partial charge in [-0.1, -0.05) is 18.5 Å². The van der Waals surface area contributed by atoms with E-state index in [1.165, 1.54) is 19.3 Å². The Bertz CT molecular complexity index is 709. The molecule has 0 radical (unpaired) electrons. The van der Waals surface area contributed by atoms with Crippen LogP contribution in [0.3, 0.4) is 0 Å². The Labute approximate surface area is 148 Å². The summed E-state index contributed by atoms with van der Waals surface area (Å²) in [6.07, 6.45) is 7.39. The summed E-state index contributed by atoms with van der Waals surface area (Å²) in [7, 11) is 1.75. The SMILES string of the molecule is CCCCN(C)C(=O)c1nc(-c2ccnc(N3CCCCC3)c2)no1. The molecule has 2 aromatic rings. The van der Waals surface area contributed by atoms with Crippen LogP contribution in [-0.4, -0.2) is 52.6 Å². The molecule has 0 aromatic carbocycles. The van der Waals surface area contributed by atoms with Gasteiger partial charge in [0.2, 0.25) is 5.82 Å². The van der Waals surface area contributed by atoms with Crippen LogP contribution in [0.5, 0.6) is 0 Å². The van der Waals surface area contributed by atoms with Gasteiger partial charge in [-0.25, -0.2) is 4.98 Å². The summed E-state index contributed by atoms with van der Waals surface area (Å²) in [6, 6.07) is 3.80.